The van der Waals surface area contributed by atoms with Crippen LogP contribution in [0.1, 0.15) is 49.1 Å². The van der Waals surface area contributed by atoms with E-state index < -0.39 is 11.8 Å². The van der Waals surface area contributed by atoms with Crippen LogP contribution in [0.2, 0.25) is 15.1 Å². The van der Waals surface area contributed by atoms with Gasteiger partial charge < -0.3 is 36.0 Å². The number of benzene rings is 6. The van der Waals surface area contributed by atoms with Crippen molar-refractivity contribution in [2.75, 3.05) is 23.1 Å². The van der Waals surface area contributed by atoms with Gasteiger partial charge in [-0.05, 0) is 109 Å². The number of nitrogens with one attached hydrogen (secondary N) is 3. The number of nitriles is 1. The van der Waals surface area contributed by atoms with Gasteiger partial charge in [0, 0.05) is 38.2 Å². The van der Waals surface area contributed by atoms with Crippen LogP contribution in [0, 0.1) is 11.3 Å². The van der Waals surface area contributed by atoms with Gasteiger partial charge in [0.2, 0.25) is 0 Å². The van der Waals surface area contributed by atoms with E-state index in [2.05, 4.69) is 16.0 Å². The summed E-state index contributed by atoms with van der Waals surface area (Å²) in [5.74, 6) is -1.04. The third-order valence-corrected chi connectivity index (χ3v) is 8.49. The lowest BCUT2D eigenvalue weighted by Crippen LogP contribution is -2.12. The highest BCUT2D eigenvalue weighted by Gasteiger charge is 2.14. The maximum atomic E-state index is 12.1. The fourth-order valence-electron chi connectivity index (χ4n) is 4.90. The monoisotopic (exact) mass is 824 g/mol. The molecule has 14 heteroatoms. The highest BCUT2D eigenvalue weighted by atomic mass is 35.5. The molecule has 6 aromatic rings. The smallest absolute Gasteiger partial charge is 0.259 e. The van der Waals surface area contributed by atoms with Crippen LogP contribution in [0.15, 0.2) is 127 Å². The van der Waals surface area contributed by atoms with Crippen molar-refractivity contribution in [1.82, 2.24) is 0 Å². The second kappa shape index (κ2) is 20.8. The molecule has 6 aromatic carbocycles. The summed E-state index contributed by atoms with van der Waals surface area (Å²) >= 11 is 17.4. The first-order valence-electron chi connectivity index (χ1n) is 16.9. The van der Waals surface area contributed by atoms with Crippen molar-refractivity contribution in [3.8, 4) is 29.1 Å². The van der Waals surface area contributed by atoms with Crippen LogP contribution >= 0.6 is 34.8 Å². The Morgan fingerprint density at radius 2 is 0.982 bits per heavy atom. The average Bonchev–Trinajstić information content (AvgIpc) is 3.21. The Morgan fingerprint density at radius 1 is 0.579 bits per heavy atom. The van der Waals surface area contributed by atoms with Crippen molar-refractivity contribution >= 4 is 69.6 Å². The first-order chi connectivity index (χ1) is 27.3. The van der Waals surface area contributed by atoms with Gasteiger partial charge in [-0.3, -0.25) is 14.4 Å². The van der Waals surface area contributed by atoms with Gasteiger partial charge in [-0.2, -0.15) is 5.26 Å². The molecule has 0 bridgehead atoms. The van der Waals surface area contributed by atoms with Gasteiger partial charge in [-0.1, -0.05) is 66.0 Å². The van der Waals surface area contributed by atoms with Crippen LogP contribution in [0.3, 0.4) is 0 Å². The molecule has 0 aromatic heterocycles. The van der Waals surface area contributed by atoms with Crippen molar-refractivity contribution < 1.29 is 34.4 Å². The number of anilines is 3. The zero-order valence-corrected chi connectivity index (χ0v) is 32.7. The van der Waals surface area contributed by atoms with Crippen LogP contribution in [0.5, 0.6) is 23.0 Å². The summed E-state index contributed by atoms with van der Waals surface area (Å²) in [5, 5.41) is 46.8. The van der Waals surface area contributed by atoms with E-state index in [1.165, 1.54) is 54.6 Å². The quantitative estimate of drug-likeness (QED) is 0.0877. The third kappa shape index (κ3) is 12.9. The number of hydrogen-bond donors (Lipinski definition) is 6. The average molecular weight is 826 g/mol. The molecule has 0 saturated heterocycles. The van der Waals surface area contributed by atoms with Crippen molar-refractivity contribution in [3.05, 3.63) is 170 Å². The maximum Gasteiger partial charge on any atom is 0.259 e. The minimum Gasteiger partial charge on any atom is -0.507 e. The summed E-state index contributed by atoms with van der Waals surface area (Å²) in [7, 11) is 1.55. The SMILES string of the molecule is CCc1cccc(NC(=O)c2cc(Cl)ccc2O)c1.COc1cccc(NC(=O)c2cc(Cl)ccc2O)c1.N#Cc1cccc(NC(=O)c2cc(Cl)ccc2O)c1. The number of aryl methyl sites for hydroxylation is 1. The molecule has 0 saturated carbocycles. The summed E-state index contributed by atoms with van der Waals surface area (Å²) in [6.45, 7) is 2.05. The topological polar surface area (TPSA) is 181 Å². The number of hydrogen-bond acceptors (Lipinski definition) is 8. The Morgan fingerprint density at radius 3 is 1.40 bits per heavy atom. The molecular formula is C43H35Cl3N4O7. The fourth-order valence-corrected chi connectivity index (χ4v) is 5.42. The number of nitrogens with zero attached hydrogens (tertiary/aromatic N) is 1. The van der Waals surface area contributed by atoms with E-state index in [-0.39, 0.29) is 39.8 Å². The highest BCUT2D eigenvalue weighted by Crippen LogP contribution is 2.26. The summed E-state index contributed by atoms with van der Waals surface area (Å²) in [6.07, 6.45) is 0.895. The van der Waals surface area contributed by atoms with Gasteiger partial charge in [0.05, 0.1) is 35.4 Å². The molecule has 0 heterocycles. The summed E-state index contributed by atoms with van der Waals surface area (Å²) in [4.78, 5) is 36.0. The van der Waals surface area contributed by atoms with Crippen LogP contribution < -0.4 is 20.7 Å². The zero-order chi connectivity index (χ0) is 41.5. The molecule has 0 fully saturated rings. The van der Waals surface area contributed by atoms with E-state index in [4.69, 9.17) is 44.8 Å². The van der Waals surface area contributed by atoms with Gasteiger partial charge in [0.1, 0.15) is 23.0 Å². The van der Waals surface area contributed by atoms with Gasteiger partial charge >= 0.3 is 0 Å². The second-order valence-corrected chi connectivity index (χ2v) is 13.1. The number of carbonyl (C=O) groups excluding carboxylic acids is 3. The number of methoxy groups -OCH3 is 1. The fraction of sp³-hybridized carbons (Fsp3) is 0.0698. The minimum absolute atomic E-state index is 0.0786. The Kier molecular flexibility index (Phi) is 15.7. The second-order valence-electron chi connectivity index (χ2n) is 11.8. The molecule has 290 valence electrons. The van der Waals surface area contributed by atoms with Gasteiger partial charge in [0.15, 0.2) is 0 Å². The molecule has 0 aliphatic carbocycles. The molecular weight excluding hydrogens is 791 g/mol. The molecule has 0 aliphatic heterocycles. The lowest BCUT2D eigenvalue weighted by molar-refractivity contribution is 0.101. The Hall–Kier alpha value is -6.71. The standard InChI is InChI=1S/C15H14ClNO2.C14H9ClN2O2.C14H12ClNO3/c1-2-10-4-3-5-12(8-10)17-15(19)13-9-11(16)6-7-14(13)18;15-10-4-5-13(18)12(7-10)14(19)17-11-3-1-2-9(6-11)8-16;1-19-11-4-2-3-10(8-11)16-14(18)12-7-9(15)5-6-13(12)17/h3-9,18H,2H2,1H3,(H,17,19);1-7,18H,(H,17,19);2-8,17H,1H3,(H,16,18). The van der Waals surface area contributed by atoms with Crippen molar-refractivity contribution in [3.63, 3.8) is 0 Å². The van der Waals surface area contributed by atoms with Crippen LogP contribution in [0.4, 0.5) is 17.1 Å². The normalized spacial score (nSPS) is 9.96. The lowest BCUT2D eigenvalue weighted by atomic mass is 10.1. The molecule has 3 amide bonds. The number of ether oxygens (including phenoxy) is 1. The Balaban J connectivity index is 0.000000189. The first kappa shape index (κ1) is 43.0. The van der Waals surface area contributed by atoms with Crippen LogP contribution in [-0.4, -0.2) is 40.2 Å². The van der Waals surface area contributed by atoms with Gasteiger partial charge in [0.25, 0.3) is 17.7 Å². The number of phenols is 3. The summed E-state index contributed by atoms with van der Waals surface area (Å²) < 4.78 is 5.06. The van der Waals surface area contributed by atoms with E-state index in [9.17, 15) is 29.7 Å². The highest BCUT2D eigenvalue weighted by molar-refractivity contribution is 6.32. The summed E-state index contributed by atoms with van der Waals surface area (Å²) in [5.41, 5.74) is 3.68. The van der Waals surface area contributed by atoms with Crippen LogP contribution in [-0.2, 0) is 6.42 Å². The molecule has 0 spiro atoms. The van der Waals surface area contributed by atoms with Gasteiger partial charge in [-0.25, -0.2) is 0 Å². The number of halogens is 3. The van der Waals surface area contributed by atoms with E-state index >= 15 is 0 Å². The molecule has 57 heavy (non-hydrogen) atoms. The van der Waals surface area contributed by atoms with Crippen molar-refractivity contribution in [2.45, 2.75) is 13.3 Å². The number of carbonyl (C=O) groups is 3. The molecule has 6 N–H and O–H groups in total. The van der Waals surface area contributed by atoms with E-state index in [1.807, 2.05) is 31.2 Å². The van der Waals surface area contributed by atoms with Crippen molar-refractivity contribution in [1.29, 1.82) is 5.26 Å². The van der Waals surface area contributed by atoms with E-state index in [0.29, 0.717) is 43.4 Å². The molecule has 0 unspecified atom stereocenters. The molecule has 6 rings (SSSR count). The predicted molar refractivity (Wildman–Crippen MR) is 223 cm³/mol. The van der Waals surface area contributed by atoms with Crippen molar-refractivity contribution in [2.24, 2.45) is 0 Å². The number of amides is 3. The molecule has 0 radical (unpaired) electrons. The van der Waals surface area contributed by atoms with Crippen LogP contribution in [0.25, 0.3) is 0 Å². The largest absolute Gasteiger partial charge is 0.507 e. The molecule has 0 aliphatic rings. The minimum atomic E-state index is -0.491. The van der Waals surface area contributed by atoms with E-state index in [1.54, 1.807) is 61.7 Å². The lowest BCUT2D eigenvalue weighted by Gasteiger charge is -2.08. The summed E-state index contributed by atoms with van der Waals surface area (Å²) in [6, 6.07) is 35.9. The Labute approximate surface area is 343 Å². The molecule has 11 nitrogen and oxygen atoms in total. The first-order valence-corrected chi connectivity index (χ1v) is 18.1. The number of aromatic hydroxyl groups is 3. The zero-order valence-electron chi connectivity index (χ0n) is 30.4. The Bertz CT molecular complexity index is 2330. The maximum absolute atomic E-state index is 12.1. The molecule has 0 atom stereocenters. The predicted octanol–water partition coefficient (Wildman–Crippen LogP) is 10.3. The number of phenolic OH excluding ortho intramolecular Hbond substituents is 3. The van der Waals surface area contributed by atoms with E-state index in [0.717, 1.165) is 12.0 Å². The third-order valence-electron chi connectivity index (χ3n) is 7.78. The number of rotatable bonds is 8. The van der Waals surface area contributed by atoms with Gasteiger partial charge in [-0.15, -0.1) is 0 Å².